The topological polar surface area (TPSA) is 37.3 Å². The lowest BCUT2D eigenvalue weighted by molar-refractivity contribution is -0.115. The molecule has 0 bridgehead atoms. The number of allylic oxidation sites excluding steroid dienone is 5. The minimum absolute atomic E-state index is 0.0760. The Morgan fingerprint density at radius 1 is 1.18 bits per heavy atom. The summed E-state index contributed by atoms with van der Waals surface area (Å²) < 4.78 is 0. The largest absolute Gasteiger partial charge is 0.392 e. The third kappa shape index (κ3) is 3.98. The van der Waals surface area contributed by atoms with Crippen LogP contribution in [0.1, 0.15) is 59.8 Å². The van der Waals surface area contributed by atoms with E-state index in [-0.39, 0.29) is 17.8 Å². The number of hydrogen-bond donors (Lipinski definition) is 1. The highest BCUT2D eigenvalue weighted by molar-refractivity contribution is 5.96. The van der Waals surface area contributed by atoms with Gasteiger partial charge in [-0.25, -0.2) is 0 Å². The first-order valence-electron chi connectivity index (χ1n) is 8.52. The van der Waals surface area contributed by atoms with Crippen LogP contribution in [-0.2, 0) is 4.79 Å². The summed E-state index contributed by atoms with van der Waals surface area (Å²) in [5, 5.41) is 9.56. The monoisotopic (exact) mass is 302 g/mol. The van der Waals surface area contributed by atoms with E-state index in [4.69, 9.17) is 0 Å². The molecular weight excluding hydrogens is 272 g/mol. The maximum Gasteiger partial charge on any atom is 0.164 e. The standard InChI is InChI=1S/C20H30O2/c1-14-6-5-7-15(2)9-11-19(22)16(13-21)12-18-17(10-8-14)20(18,3)4/h6,9,12,17-18,21H,5,7-8,10-11,13H2,1-4H3/t17-,18-/m1/s1. The molecule has 2 heteroatoms. The normalized spacial score (nSPS) is 29.7. The number of hydrogen-bond acceptors (Lipinski definition) is 2. The first-order chi connectivity index (χ1) is 10.4. The van der Waals surface area contributed by atoms with Crippen LogP contribution in [-0.4, -0.2) is 17.5 Å². The van der Waals surface area contributed by atoms with Crippen molar-refractivity contribution in [2.45, 2.75) is 59.8 Å². The second kappa shape index (κ2) is 6.95. The molecule has 1 fully saturated rings. The first kappa shape index (κ1) is 17.2. The molecule has 0 aliphatic heterocycles. The van der Waals surface area contributed by atoms with Crippen molar-refractivity contribution >= 4 is 5.78 Å². The van der Waals surface area contributed by atoms with Crippen LogP contribution in [0.5, 0.6) is 0 Å². The Hall–Kier alpha value is -1.15. The molecule has 0 radical (unpaired) electrons. The highest BCUT2D eigenvalue weighted by atomic mass is 16.3. The first-order valence-corrected chi connectivity index (χ1v) is 8.52. The highest BCUT2D eigenvalue weighted by Crippen LogP contribution is 2.61. The van der Waals surface area contributed by atoms with E-state index in [1.54, 1.807) is 0 Å². The van der Waals surface area contributed by atoms with Crippen molar-refractivity contribution in [1.29, 1.82) is 0 Å². The number of aliphatic hydroxyl groups excluding tert-OH is 1. The number of rotatable bonds is 1. The molecular formula is C20H30O2. The Kier molecular flexibility index (Phi) is 5.44. The van der Waals surface area contributed by atoms with Gasteiger partial charge in [-0.05, 0) is 56.8 Å². The van der Waals surface area contributed by atoms with Gasteiger partial charge in [-0.3, -0.25) is 4.79 Å². The van der Waals surface area contributed by atoms with Crippen LogP contribution in [0.15, 0.2) is 34.9 Å². The van der Waals surface area contributed by atoms with E-state index in [0.29, 0.717) is 23.8 Å². The van der Waals surface area contributed by atoms with Crippen molar-refractivity contribution in [3.05, 3.63) is 34.9 Å². The number of fused-ring (bicyclic) bond motifs is 1. The average Bonchev–Trinajstić information content (AvgIpc) is 2.99. The molecule has 22 heavy (non-hydrogen) atoms. The Bertz CT molecular complexity index is 520. The molecule has 0 amide bonds. The summed E-state index contributed by atoms with van der Waals surface area (Å²) in [7, 11) is 0. The molecule has 2 aliphatic rings. The van der Waals surface area contributed by atoms with E-state index in [1.807, 2.05) is 6.08 Å². The molecule has 0 aromatic heterocycles. The second-order valence-electron chi connectivity index (χ2n) is 7.61. The SMILES string of the molecule is CC1=CCC(=O)C(CO)=C[C@@H]2[C@@H](CCC(C)=CCC1)C2(C)C. The van der Waals surface area contributed by atoms with Gasteiger partial charge < -0.3 is 5.11 Å². The molecule has 2 atom stereocenters. The fourth-order valence-corrected chi connectivity index (χ4v) is 3.65. The quantitative estimate of drug-likeness (QED) is 0.719. The average molecular weight is 302 g/mol. The maximum absolute atomic E-state index is 12.3. The van der Waals surface area contributed by atoms with Gasteiger partial charge in [0.15, 0.2) is 5.78 Å². The van der Waals surface area contributed by atoms with Gasteiger partial charge in [0.25, 0.3) is 0 Å². The van der Waals surface area contributed by atoms with Gasteiger partial charge in [0.1, 0.15) is 0 Å². The molecule has 0 saturated heterocycles. The lowest BCUT2D eigenvalue weighted by atomic mass is 10.0. The summed E-state index contributed by atoms with van der Waals surface area (Å²) in [4.78, 5) is 12.3. The number of aliphatic hydroxyl groups is 1. The smallest absolute Gasteiger partial charge is 0.164 e. The zero-order chi connectivity index (χ0) is 16.3. The van der Waals surface area contributed by atoms with Crippen molar-refractivity contribution in [1.82, 2.24) is 0 Å². The summed E-state index contributed by atoms with van der Waals surface area (Å²) in [5.41, 5.74) is 3.60. The predicted octanol–water partition coefficient (Wildman–Crippen LogP) is 4.60. The molecule has 2 aliphatic carbocycles. The van der Waals surface area contributed by atoms with Crippen LogP contribution in [0, 0.1) is 17.3 Å². The Morgan fingerprint density at radius 3 is 2.55 bits per heavy atom. The summed E-state index contributed by atoms with van der Waals surface area (Å²) >= 11 is 0. The molecule has 0 aromatic rings. The van der Waals surface area contributed by atoms with Crippen molar-refractivity contribution < 1.29 is 9.90 Å². The van der Waals surface area contributed by atoms with Crippen molar-refractivity contribution in [2.24, 2.45) is 17.3 Å². The Labute approximate surface area is 135 Å². The van der Waals surface area contributed by atoms with E-state index in [2.05, 4.69) is 39.8 Å². The predicted molar refractivity (Wildman–Crippen MR) is 91.5 cm³/mol. The van der Waals surface area contributed by atoms with E-state index >= 15 is 0 Å². The van der Waals surface area contributed by atoms with Gasteiger partial charge in [0.2, 0.25) is 0 Å². The molecule has 2 rings (SSSR count). The van der Waals surface area contributed by atoms with Gasteiger partial charge in [-0.15, -0.1) is 0 Å². The van der Waals surface area contributed by atoms with Gasteiger partial charge >= 0.3 is 0 Å². The molecule has 1 N–H and O–H groups in total. The second-order valence-corrected chi connectivity index (χ2v) is 7.61. The fourth-order valence-electron chi connectivity index (χ4n) is 3.65. The third-order valence-corrected chi connectivity index (χ3v) is 5.57. The number of ketones is 1. The molecule has 0 heterocycles. The number of carbonyl (C=O) groups excluding carboxylic acids is 1. The van der Waals surface area contributed by atoms with Crippen LogP contribution >= 0.6 is 0 Å². The molecule has 1 saturated carbocycles. The van der Waals surface area contributed by atoms with Crippen molar-refractivity contribution in [3.63, 3.8) is 0 Å². The molecule has 0 aromatic carbocycles. The van der Waals surface area contributed by atoms with Crippen LogP contribution in [0.4, 0.5) is 0 Å². The van der Waals surface area contributed by atoms with Crippen LogP contribution in [0.25, 0.3) is 0 Å². The molecule has 2 nitrogen and oxygen atoms in total. The van der Waals surface area contributed by atoms with Crippen molar-refractivity contribution in [3.8, 4) is 0 Å². The van der Waals surface area contributed by atoms with Crippen LogP contribution in [0.3, 0.4) is 0 Å². The summed E-state index contributed by atoms with van der Waals surface area (Å²) in [6, 6.07) is 0. The zero-order valence-electron chi connectivity index (χ0n) is 14.5. The van der Waals surface area contributed by atoms with E-state index in [9.17, 15) is 9.90 Å². The Morgan fingerprint density at radius 2 is 1.86 bits per heavy atom. The van der Waals surface area contributed by atoms with Crippen molar-refractivity contribution in [2.75, 3.05) is 6.61 Å². The lowest BCUT2D eigenvalue weighted by Crippen LogP contribution is -2.07. The number of carbonyl (C=O) groups is 1. The molecule has 122 valence electrons. The van der Waals surface area contributed by atoms with Crippen LogP contribution in [0.2, 0.25) is 0 Å². The minimum Gasteiger partial charge on any atom is -0.392 e. The zero-order valence-corrected chi connectivity index (χ0v) is 14.5. The maximum atomic E-state index is 12.3. The summed E-state index contributed by atoms with van der Waals surface area (Å²) in [6.07, 6.45) is 11.2. The fraction of sp³-hybridized carbons (Fsp3) is 0.650. The van der Waals surface area contributed by atoms with E-state index < -0.39 is 0 Å². The molecule has 0 unspecified atom stereocenters. The minimum atomic E-state index is -0.135. The third-order valence-electron chi connectivity index (χ3n) is 5.57. The van der Waals surface area contributed by atoms with Crippen LogP contribution < -0.4 is 0 Å². The highest BCUT2D eigenvalue weighted by Gasteiger charge is 2.55. The van der Waals surface area contributed by atoms with Gasteiger partial charge in [0.05, 0.1) is 6.61 Å². The van der Waals surface area contributed by atoms with Gasteiger partial charge in [-0.1, -0.05) is 43.2 Å². The van der Waals surface area contributed by atoms with E-state index in [0.717, 1.165) is 19.3 Å². The van der Waals surface area contributed by atoms with Gasteiger partial charge in [0, 0.05) is 12.0 Å². The van der Waals surface area contributed by atoms with Gasteiger partial charge in [-0.2, -0.15) is 0 Å². The van der Waals surface area contributed by atoms with E-state index in [1.165, 1.54) is 17.6 Å². The number of Topliss-reactive ketones (excluding diaryl/α,β-unsaturated/α-hetero) is 1. The lowest BCUT2D eigenvalue weighted by Gasteiger charge is -2.05. The molecule has 0 spiro atoms. The summed E-state index contributed by atoms with van der Waals surface area (Å²) in [5.74, 6) is 1.14. The summed E-state index contributed by atoms with van der Waals surface area (Å²) in [6.45, 7) is 8.74. The Balaban J connectivity index is 2.22.